The van der Waals surface area contributed by atoms with Gasteiger partial charge in [-0.2, -0.15) is 0 Å². The molecule has 1 rings (SSSR count). The summed E-state index contributed by atoms with van der Waals surface area (Å²) in [5, 5.41) is 11.7. The summed E-state index contributed by atoms with van der Waals surface area (Å²) in [4.78, 5) is 22.9. The van der Waals surface area contributed by atoms with Crippen molar-refractivity contribution in [2.45, 2.75) is 39.3 Å². The van der Waals surface area contributed by atoms with Gasteiger partial charge >= 0.3 is 5.97 Å². The first-order chi connectivity index (χ1) is 9.10. The molecule has 5 nitrogen and oxygen atoms in total. The molecule has 20 heavy (non-hydrogen) atoms. The predicted molar refractivity (Wildman–Crippen MR) is 71.3 cm³/mol. The van der Waals surface area contributed by atoms with Crippen molar-refractivity contribution in [3.63, 3.8) is 0 Å². The molecule has 0 aromatic heterocycles. The third kappa shape index (κ3) is 4.53. The van der Waals surface area contributed by atoms with Crippen molar-refractivity contribution in [2.24, 2.45) is 0 Å². The van der Waals surface area contributed by atoms with Crippen LogP contribution in [0.3, 0.4) is 0 Å². The minimum absolute atomic E-state index is 0.0459. The highest BCUT2D eigenvalue weighted by Gasteiger charge is 2.22. The molecule has 6 heteroatoms. The van der Waals surface area contributed by atoms with Gasteiger partial charge < -0.3 is 15.2 Å². The molecule has 0 aliphatic rings. The third-order valence-corrected chi connectivity index (χ3v) is 2.34. The van der Waals surface area contributed by atoms with Gasteiger partial charge in [-0.15, -0.1) is 0 Å². The fourth-order valence-corrected chi connectivity index (χ4v) is 1.49. The summed E-state index contributed by atoms with van der Waals surface area (Å²) in [6.07, 6.45) is -0.891. The molecule has 1 unspecified atom stereocenters. The highest BCUT2D eigenvalue weighted by atomic mass is 19.1. The lowest BCUT2D eigenvalue weighted by molar-refractivity contribution is -0.128. The van der Waals surface area contributed by atoms with Crippen LogP contribution in [0.1, 0.15) is 38.1 Å². The van der Waals surface area contributed by atoms with Crippen molar-refractivity contribution in [3.8, 4) is 5.75 Å². The molecule has 1 atom stereocenters. The van der Waals surface area contributed by atoms with Gasteiger partial charge in [0.05, 0.1) is 0 Å². The van der Waals surface area contributed by atoms with E-state index < -0.39 is 23.4 Å². The molecule has 0 aliphatic carbocycles. The zero-order chi connectivity index (χ0) is 15.5. The number of carboxylic acids is 1. The second kappa shape index (κ2) is 5.90. The number of carbonyl (C=O) groups excluding carboxylic acids is 1. The van der Waals surface area contributed by atoms with E-state index in [0.717, 1.165) is 12.1 Å². The fourth-order valence-electron chi connectivity index (χ4n) is 1.49. The van der Waals surface area contributed by atoms with Gasteiger partial charge in [-0.3, -0.25) is 4.79 Å². The number of amides is 1. The van der Waals surface area contributed by atoms with Crippen molar-refractivity contribution in [2.75, 3.05) is 0 Å². The van der Waals surface area contributed by atoms with Crippen LogP contribution in [0.5, 0.6) is 5.75 Å². The minimum Gasteiger partial charge on any atom is -0.480 e. The summed E-state index contributed by atoms with van der Waals surface area (Å²) in [7, 11) is 0. The van der Waals surface area contributed by atoms with Gasteiger partial charge in [0.25, 0.3) is 5.91 Å². The number of rotatable bonds is 4. The Kier molecular flexibility index (Phi) is 4.70. The van der Waals surface area contributed by atoms with Crippen LogP contribution in [0.15, 0.2) is 18.2 Å². The monoisotopic (exact) mass is 283 g/mol. The molecule has 0 saturated heterocycles. The maximum Gasteiger partial charge on any atom is 0.339 e. The van der Waals surface area contributed by atoms with Gasteiger partial charge in [0.2, 0.25) is 0 Å². The van der Waals surface area contributed by atoms with E-state index >= 15 is 0 Å². The van der Waals surface area contributed by atoms with Crippen molar-refractivity contribution in [1.82, 2.24) is 5.32 Å². The van der Waals surface area contributed by atoms with Crippen LogP contribution in [-0.2, 0) is 4.79 Å². The molecule has 110 valence electrons. The van der Waals surface area contributed by atoms with E-state index in [1.54, 1.807) is 0 Å². The lowest BCUT2D eigenvalue weighted by atomic mass is 10.1. The molecular formula is C14H18FNO4. The van der Waals surface area contributed by atoms with E-state index in [4.69, 9.17) is 9.84 Å². The molecular weight excluding hydrogens is 265 g/mol. The molecule has 0 spiro atoms. The van der Waals surface area contributed by atoms with Crippen molar-refractivity contribution < 1.29 is 23.8 Å². The highest BCUT2D eigenvalue weighted by molar-refractivity contribution is 5.91. The summed E-state index contributed by atoms with van der Waals surface area (Å²) in [6.45, 7) is 6.95. The van der Waals surface area contributed by atoms with E-state index in [1.807, 2.05) is 20.8 Å². The first kappa shape index (κ1) is 15.9. The molecule has 1 aromatic carbocycles. The Morgan fingerprint density at radius 3 is 2.45 bits per heavy atom. The number of hydrogen-bond donors (Lipinski definition) is 2. The lowest BCUT2D eigenvalue weighted by Gasteiger charge is -2.24. The van der Waals surface area contributed by atoms with Crippen molar-refractivity contribution in [3.05, 3.63) is 29.6 Å². The molecule has 0 radical (unpaired) electrons. The normalized spacial score (nSPS) is 12.7. The van der Waals surface area contributed by atoms with Crippen LogP contribution in [0.25, 0.3) is 0 Å². The molecule has 1 amide bonds. The van der Waals surface area contributed by atoms with Crippen LogP contribution in [-0.4, -0.2) is 28.6 Å². The van der Waals surface area contributed by atoms with Crippen molar-refractivity contribution >= 4 is 11.9 Å². The topological polar surface area (TPSA) is 75.6 Å². The van der Waals surface area contributed by atoms with Crippen LogP contribution < -0.4 is 10.1 Å². The van der Waals surface area contributed by atoms with Crippen LogP contribution >= 0.6 is 0 Å². The van der Waals surface area contributed by atoms with E-state index in [1.165, 1.54) is 13.0 Å². The summed E-state index contributed by atoms with van der Waals surface area (Å²) >= 11 is 0. The van der Waals surface area contributed by atoms with Gasteiger partial charge in [0.1, 0.15) is 17.1 Å². The highest BCUT2D eigenvalue weighted by Crippen LogP contribution is 2.21. The Bertz CT molecular complexity index is 522. The number of aromatic carboxylic acids is 1. The average Bonchev–Trinajstić information content (AvgIpc) is 2.28. The third-order valence-electron chi connectivity index (χ3n) is 2.34. The summed E-state index contributed by atoms with van der Waals surface area (Å²) < 4.78 is 18.3. The Morgan fingerprint density at radius 2 is 1.95 bits per heavy atom. The molecule has 1 aromatic rings. The number of halogens is 1. The van der Waals surface area contributed by atoms with Gasteiger partial charge in [-0.1, -0.05) is 0 Å². The van der Waals surface area contributed by atoms with E-state index in [-0.39, 0.29) is 17.2 Å². The maximum absolute atomic E-state index is 13.0. The van der Waals surface area contributed by atoms with Gasteiger partial charge in [0.15, 0.2) is 6.10 Å². The Hall–Kier alpha value is -2.11. The second-order valence-corrected chi connectivity index (χ2v) is 5.44. The van der Waals surface area contributed by atoms with E-state index in [0.29, 0.717) is 0 Å². The molecule has 0 heterocycles. The first-order valence-electron chi connectivity index (χ1n) is 6.11. The molecule has 0 bridgehead atoms. The van der Waals surface area contributed by atoms with E-state index in [9.17, 15) is 14.0 Å². The number of carboxylic acid groups (broad SMARTS) is 1. The summed E-state index contributed by atoms with van der Waals surface area (Å²) in [6, 6.07) is 3.13. The standard InChI is InChI=1S/C14H18FNO4/c1-8(12(17)16-14(2,3)4)20-11-6-5-9(15)7-10(11)13(18)19/h5-8H,1-4H3,(H,16,17)(H,18,19). The first-order valence-corrected chi connectivity index (χ1v) is 6.11. The van der Waals surface area contributed by atoms with Crippen LogP contribution in [0.2, 0.25) is 0 Å². The predicted octanol–water partition coefficient (Wildman–Crippen LogP) is 2.21. The number of ether oxygens (including phenoxy) is 1. The number of nitrogens with one attached hydrogen (secondary N) is 1. The van der Waals surface area contributed by atoms with Gasteiger partial charge in [-0.25, -0.2) is 9.18 Å². The average molecular weight is 283 g/mol. The number of benzene rings is 1. The molecule has 0 aliphatic heterocycles. The zero-order valence-corrected chi connectivity index (χ0v) is 11.9. The van der Waals surface area contributed by atoms with Gasteiger partial charge in [-0.05, 0) is 45.9 Å². The maximum atomic E-state index is 13.0. The van der Waals surface area contributed by atoms with Crippen LogP contribution in [0.4, 0.5) is 4.39 Å². The molecule has 2 N–H and O–H groups in total. The summed E-state index contributed by atoms with van der Waals surface area (Å²) in [5.74, 6) is -2.42. The largest absolute Gasteiger partial charge is 0.480 e. The molecule has 0 fully saturated rings. The smallest absolute Gasteiger partial charge is 0.339 e. The number of hydrogen-bond acceptors (Lipinski definition) is 3. The number of carbonyl (C=O) groups is 2. The van der Waals surface area contributed by atoms with Gasteiger partial charge in [0, 0.05) is 5.54 Å². The quantitative estimate of drug-likeness (QED) is 0.888. The lowest BCUT2D eigenvalue weighted by Crippen LogP contribution is -2.46. The van der Waals surface area contributed by atoms with E-state index in [2.05, 4.69) is 5.32 Å². The second-order valence-electron chi connectivity index (χ2n) is 5.44. The van der Waals surface area contributed by atoms with Crippen molar-refractivity contribution in [1.29, 1.82) is 0 Å². The Morgan fingerprint density at radius 1 is 1.35 bits per heavy atom. The Labute approximate surface area is 116 Å². The van der Waals surface area contributed by atoms with Crippen LogP contribution in [0, 0.1) is 5.82 Å². The fraction of sp³-hybridized carbons (Fsp3) is 0.429. The SMILES string of the molecule is CC(Oc1ccc(F)cc1C(=O)O)C(=O)NC(C)(C)C. The minimum atomic E-state index is -1.32. The zero-order valence-electron chi connectivity index (χ0n) is 11.9. The molecule has 0 saturated carbocycles. The summed E-state index contributed by atoms with van der Waals surface area (Å²) in [5.41, 5.74) is -0.743. The Balaban J connectivity index is 2.88.